The highest BCUT2D eigenvalue weighted by Crippen LogP contribution is 2.46. The van der Waals surface area contributed by atoms with Crippen LogP contribution in [0.1, 0.15) is 41.7 Å². The van der Waals surface area contributed by atoms with Crippen molar-refractivity contribution < 1.29 is 4.79 Å². The molecule has 25 heavy (non-hydrogen) atoms. The van der Waals surface area contributed by atoms with Gasteiger partial charge in [-0.25, -0.2) is 9.97 Å². The van der Waals surface area contributed by atoms with E-state index in [1.165, 1.54) is 28.8 Å². The van der Waals surface area contributed by atoms with Crippen LogP contribution in [0.25, 0.3) is 5.57 Å². The Balaban J connectivity index is 1.33. The van der Waals surface area contributed by atoms with E-state index >= 15 is 0 Å². The minimum absolute atomic E-state index is 0.0647. The van der Waals surface area contributed by atoms with E-state index in [4.69, 9.17) is 0 Å². The number of benzene rings is 1. The molecule has 0 aliphatic heterocycles. The highest BCUT2D eigenvalue weighted by molar-refractivity contribution is 6.05. The number of rotatable bonds is 5. The molecular weight excluding hydrogens is 310 g/mol. The van der Waals surface area contributed by atoms with Gasteiger partial charge < -0.3 is 5.32 Å². The number of nitrogens with one attached hydrogen (secondary N) is 1. The van der Waals surface area contributed by atoms with Crippen molar-refractivity contribution >= 4 is 11.5 Å². The summed E-state index contributed by atoms with van der Waals surface area (Å²) in [6.45, 7) is 4.69. The zero-order valence-electron chi connectivity index (χ0n) is 14.8. The lowest BCUT2D eigenvalue weighted by molar-refractivity contribution is -0.121. The highest BCUT2D eigenvalue weighted by Gasteiger charge is 2.39. The van der Waals surface area contributed by atoms with Crippen molar-refractivity contribution in [3.8, 4) is 0 Å². The number of fused-ring (bicyclic) bond motifs is 1. The molecule has 0 saturated heterocycles. The van der Waals surface area contributed by atoms with Gasteiger partial charge >= 0.3 is 0 Å². The number of carbonyl (C=O) groups excluding carboxylic acids is 1. The molecule has 0 saturated carbocycles. The molecule has 1 aromatic heterocycles. The average molecular weight is 333 g/mol. The minimum Gasteiger partial charge on any atom is -0.355 e. The fourth-order valence-corrected chi connectivity index (χ4v) is 3.86. The largest absolute Gasteiger partial charge is 0.355 e. The van der Waals surface area contributed by atoms with Crippen molar-refractivity contribution in [2.75, 3.05) is 6.54 Å². The van der Waals surface area contributed by atoms with Crippen molar-refractivity contribution in [2.24, 2.45) is 5.92 Å². The Morgan fingerprint density at radius 2 is 1.96 bits per heavy atom. The van der Waals surface area contributed by atoms with Crippen LogP contribution in [-0.4, -0.2) is 22.4 Å². The van der Waals surface area contributed by atoms with E-state index in [2.05, 4.69) is 34.3 Å². The second-order valence-electron chi connectivity index (χ2n) is 6.94. The number of aromatic nitrogens is 2. The van der Waals surface area contributed by atoms with Gasteiger partial charge in [0.1, 0.15) is 5.82 Å². The smallest absolute Gasteiger partial charge is 0.231 e. The first-order chi connectivity index (χ1) is 12.1. The van der Waals surface area contributed by atoms with Crippen LogP contribution in [0.15, 0.2) is 35.9 Å². The fraction of sp³-hybridized carbons (Fsp3) is 0.381. The maximum atomic E-state index is 12.5. The fourth-order valence-electron chi connectivity index (χ4n) is 3.86. The van der Waals surface area contributed by atoms with Gasteiger partial charge in [-0.15, -0.1) is 0 Å². The van der Waals surface area contributed by atoms with Crippen LogP contribution in [0.3, 0.4) is 0 Å². The van der Waals surface area contributed by atoms with Crippen LogP contribution in [-0.2, 0) is 24.1 Å². The van der Waals surface area contributed by atoms with E-state index in [1.54, 1.807) is 0 Å². The number of aryl methyl sites for hydroxylation is 2. The van der Waals surface area contributed by atoms with Gasteiger partial charge in [0, 0.05) is 24.4 Å². The molecular formula is C21H23N3O. The molecule has 128 valence electrons. The Bertz CT molecular complexity index is 855. The van der Waals surface area contributed by atoms with Crippen LogP contribution in [0, 0.1) is 12.8 Å². The van der Waals surface area contributed by atoms with Crippen molar-refractivity contribution in [3.63, 3.8) is 0 Å². The van der Waals surface area contributed by atoms with E-state index in [0.717, 1.165) is 29.9 Å². The summed E-state index contributed by atoms with van der Waals surface area (Å²) in [4.78, 5) is 21.7. The van der Waals surface area contributed by atoms with Crippen molar-refractivity contribution in [1.29, 1.82) is 0 Å². The van der Waals surface area contributed by atoms with Crippen molar-refractivity contribution in [1.82, 2.24) is 15.3 Å². The third-order valence-electron chi connectivity index (χ3n) is 5.24. The molecule has 1 atom stereocenters. The van der Waals surface area contributed by atoms with Gasteiger partial charge in [0.2, 0.25) is 5.91 Å². The van der Waals surface area contributed by atoms with Crippen LogP contribution in [0.4, 0.5) is 0 Å². The van der Waals surface area contributed by atoms with Gasteiger partial charge in [0.05, 0.1) is 5.92 Å². The summed E-state index contributed by atoms with van der Waals surface area (Å²) in [6, 6.07) is 10.1. The van der Waals surface area contributed by atoms with Crippen LogP contribution in [0.5, 0.6) is 0 Å². The van der Waals surface area contributed by atoms with E-state index in [0.29, 0.717) is 13.0 Å². The zero-order valence-corrected chi connectivity index (χ0v) is 14.8. The van der Waals surface area contributed by atoms with Gasteiger partial charge in [0.15, 0.2) is 0 Å². The molecule has 2 aromatic rings. The zero-order chi connectivity index (χ0) is 17.4. The monoisotopic (exact) mass is 333 g/mol. The molecule has 1 heterocycles. The molecule has 0 spiro atoms. The first kappa shape index (κ1) is 16.0. The van der Waals surface area contributed by atoms with E-state index in [9.17, 15) is 4.79 Å². The maximum absolute atomic E-state index is 12.5. The second kappa shape index (κ2) is 6.43. The quantitative estimate of drug-likeness (QED) is 0.915. The normalized spacial score (nSPS) is 18.2. The Morgan fingerprint density at radius 1 is 1.16 bits per heavy atom. The van der Waals surface area contributed by atoms with Crippen LogP contribution in [0.2, 0.25) is 0 Å². The standard InChI is InChI=1S/C21H23N3O/c1-13-19(15-7-4-3-5-8-15)20(13)21(25)22-12-11-18-23-14(2)16-9-6-10-17(16)24-18/h3-5,7-8,20H,6,9-12H2,1-2H3,(H,22,25)/t20-/m1/s1. The Labute approximate surface area is 148 Å². The van der Waals surface area contributed by atoms with Crippen LogP contribution >= 0.6 is 0 Å². The molecule has 4 rings (SSSR count). The molecule has 0 bridgehead atoms. The van der Waals surface area contributed by atoms with E-state index in [-0.39, 0.29) is 11.8 Å². The summed E-state index contributed by atoms with van der Waals surface area (Å²) in [5, 5.41) is 3.05. The first-order valence-corrected chi connectivity index (χ1v) is 9.04. The third-order valence-corrected chi connectivity index (χ3v) is 5.24. The molecule has 1 N–H and O–H groups in total. The summed E-state index contributed by atoms with van der Waals surface area (Å²) in [5.41, 5.74) is 7.14. The van der Waals surface area contributed by atoms with Crippen molar-refractivity contribution in [2.45, 2.75) is 39.5 Å². The van der Waals surface area contributed by atoms with E-state index < -0.39 is 0 Å². The summed E-state index contributed by atoms with van der Waals surface area (Å²) >= 11 is 0. The molecule has 0 radical (unpaired) electrons. The SMILES string of the molecule is CC1=C(c2ccccc2)[C@@H]1C(=O)NCCc1nc(C)c2c(n1)CCC2. The predicted molar refractivity (Wildman–Crippen MR) is 98.0 cm³/mol. The summed E-state index contributed by atoms with van der Waals surface area (Å²) in [6.07, 6.45) is 4.03. The Hall–Kier alpha value is -2.49. The van der Waals surface area contributed by atoms with Crippen LogP contribution < -0.4 is 5.32 Å². The molecule has 1 aromatic carbocycles. The number of amides is 1. The van der Waals surface area contributed by atoms with Gasteiger partial charge in [-0.1, -0.05) is 35.9 Å². The lowest BCUT2D eigenvalue weighted by atomic mass is 10.1. The van der Waals surface area contributed by atoms with Gasteiger partial charge in [-0.3, -0.25) is 4.79 Å². The summed E-state index contributed by atoms with van der Waals surface area (Å²) in [7, 11) is 0. The third kappa shape index (κ3) is 3.09. The topological polar surface area (TPSA) is 54.9 Å². The lowest BCUT2D eigenvalue weighted by Crippen LogP contribution is -2.29. The molecule has 0 fully saturated rings. The maximum Gasteiger partial charge on any atom is 0.231 e. The molecule has 4 heteroatoms. The lowest BCUT2D eigenvalue weighted by Gasteiger charge is -2.08. The van der Waals surface area contributed by atoms with Gasteiger partial charge in [-0.05, 0) is 49.8 Å². The average Bonchev–Trinajstić information content (AvgIpc) is 3.05. The predicted octanol–water partition coefficient (Wildman–Crippen LogP) is 3.04. The van der Waals surface area contributed by atoms with Gasteiger partial charge in [0.25, 0.3) is 0 Å². The van der Waals surface area contributed by atoms with E-state index in [1.807, 2.05) is 25.1 Å². The second-order valence-corrected chi connectivity index (χ2v) is 6.94. The summed E-state index contributed by atoms with van der Waals surface area (Å²) < 4.78 is 0. The number of nitrogens with zero attached hydrogens (tertiary/aromatic N) is 2. The minimum atomic E-state index is -0.0647. The number of hydrogen-bond donors (Lipinski definition) is 1. The molecule has 2 aliphatic carbocycles. The number of hydrogen-bond acceptors (Lipinski definition) is 3. The van der Waals surface area contributed by atoms with Gasteiger partial charge in [-0.2, -0.15) is 0 Å². The molecule has 2 aliphatic rings. The summed E-state index contributed by atoms with van der Waals surface area (Å²) in [5.74, 6) is 0.876. The number of carbonyl (C=O) groups is 1. The highest BCUT2D eigenvalue weighted by atomic mass is 16.2. The first-order valence-electron chi connectivity index (χ1n) is 9.04. The molecule has 1 amide bonds. The molecule has 0 unspecified atom stereocenters. The Morgan fingerprint density at radius 3 is 2.76 bits per heavy atom. The molecule has 4 nitrogen and oxygen atoms in total. The van der Waals surface area contributed by atoms with Crippen molar-refractivity contribution in [3.05, 3.63) is 64.2 Å². The Kier molecular flexibility index (Phi) is 4.12.